The monoisotopic (exact) mass is 182 g/mol. The van der Waals surface area contributed by atoms with Crippen LogP contribution in [-0.2, 0) is 0 Å². The summed E-state index contributed by atoms with van der Waals surface area (Å²) in [6.07, 6.45) is 2.08. The normalized spacial score (nSPS) is 14.2. The first-order valence-electron chi connectivity index (χ1n) is 4.91. The fourth-order valence-corrected chi connectivity index (χ4v) is 1.25. The largest absolute Gasteiger partial charge is 0.386 e. The van der Waals surface area contributed by atoms with Crippen LogP contribution in [-0.4, -0.2) is 17.8 Å². The molecule has 0 aromatic carbocycles. The first-order valence-corrected chi connectivity index (χ1v) is 4.91. The Bertz CT molecular complexity index is 200. The van der Waals surface area contributed by atoms with Gasteiger partial charge in [0.1, 0.15) is 0 Å². The standard InChI is InChI=1S/C11H22N2/c1-8(2)12-10(5)7-11(6)13-9(3)4/h7-9,12H,1-6H3/b10-7-,13-11+. The topological polar surface area (TPSA) is 24.4 Å². The van der Waals surface area contributed by atoms with Gasteiger partial charge in [0.2, 0.25) is 0 Å². The lowest BCUT2D eigenvalue weighted by atomic mass is 10.3. The first kappa shape index (κ1) is 12.2. The molecule has 2 nitrogen and oxygen atoms in total. The molecular weight excluding hydrogens is 160 g/mol. The molecule has 0 amide bonds. The molecule has 0 saturated heterocycles. The lowest BCUT2D eigenvalue weighted by molar-refractivity contribution is 0.670. The molecule has 0 fully saturated rings. The van der Waals surface area contributed by atoms with Crippen molar-refractivity contribution < 1.29 is 0 Å². The van der Waals surface area contributed by atoms with E-state index >= 15 is 0 Å². The van der Waals surface area contributed by atoms with Gasteiger partial charge in [0, 0.05) is 23.5 Å². The van der Waals surface area contributed by atoms with E-state index in [1.807, 2.05) is 6.92 Å². The van der Waals surface area contributed by atoms with E-state index in [0.717, 1.165) is 5.71 Å². The molecule has 0 radical (unpaired) electrons. The summed E-state index contributed by atoms with van der Waals surface area (Å²) in [6.45, 7) is 12.5. The first-order chi connectivity index (χ1) is 5.91. The molecule has 13 heavy (non-hydrogen) atoms. The van der Waals surface area contributed by atoms with E-state index in [2.05, 4.69) is 51.0 Å². The summed E-state index contributed by atoms with van der Waals surface area (Å²) >= 11 is 0. The van der Waals surface area contributed by atoms with Crippen LogP contribution in [0.15, 0.2) is 16.8 Å². The summed E-state index contributed by atoms with van der Waals surface area (Å²) in [6, 6.07) is 0.867. The highest BCUT2D eigenvalue weighted by Crippen LogP contribution is 1.95. The van der Waals surface area contributed by atoms with Gasteiger partial charge >= 0.3 is 0 Å². The quantitative estimate of drug-likeness (QED) is 0.664. The summed E-state index contributed by atoms with van der Waals surface area (Å²) in [4.78, 5) is 4.42. The van der Waals surface area contributed by atoms with Gasteiger partial charge in [-0.25, -0.2) is 0 Å². The second-order valence-electron chi connectivity index (χ2n) is 3.99. The van der Waals surface area contributed by atoms with E-state index < -0.39 is 0 Å². The maximum absolute atomic E-state index is 4.42. The van der Waals surface area contributed by atoms with Crippen molar-refractivity contribution in [3.05, 3.63) is 11.8 Å². The van der Waals surface area contributed by atoms with Gasteiger partial charge < -0.3 is 5.32 Å². The minimum atomic E-state index is 0.378. The maximum Gasteiger partial charge on any atom is 0.0446 e. The SMILES string of the molecule is C/C(=C/C(C)=N/C(C)C)NC(C)C. The molecule has 0 aliphatic rings. The lowest BCUT2D eigenvalue weighted by Gasteiger charge is -2.09. The minimum Gasteiger partial charge on any atom is -0.386 e. The Morgan fingerprint density at radius 3 is 2.08 bits per heavy atom. The number of nitrogens with zero attached hydrogens (tertiary/aromatic N) is 1. The van der Waals surface area contributed by atoms with E-state index in [1.54, 1.807) is 0 Å². The molecular formula is C11H22N2. The Balaban J connectivity index is 4.21. The van der Waals surface area contributed by atoms with Crippen molar-refractivity contribution in [3.63, 3.8) is 0 Å². The predicted octanol–water partition coefficient (Wildman–Crippen LogP) is 2.76. The van der Waals surface area contributed by atoms with Crippen molar-refractivity contribution in [2.45, 2.75) is 53.6 Å². The Morgan fingerprint density at radius 1 is 1.15 bits per heavy atom. The second kappa shape index (κ2) is 5.79. The van der Waals surface area contributed by atoms with Gasteiger partial charge in [-0.05, 0) is 47.6 Å². The molecule has 0 unspecified atom stereocenters. The molecule has 0 aliphatic heterocycles. The van der Waals surface area contributed by atoms with Crippen LogP contribution in [0.25, 0.3) is 0 Å². The highest BCUT2D eigenvalue weighted by Gasteiger charge is 1.94. The fraction of sp³-hybridized carbons (Fsp3) is 0.727. The highest BCUT2D eigenvalue weighted by atomic mass is 14.9. The Labute approximate surface area is 82.1 Å². The lowest BCUT2D eigenvalue weighted by Crippen LogP contribution is -2.20. The predicted molar refractivity (Wildman–Crippen MR) is 60.3 cm³/mol. The molecule has 0 aliphatic carbocycles. The summed E-state index contributed by atoms with van der Waals surface area (Å²) in [5.74, 6) is 0. The van der Waals surface area contributed by atoms with Crippen LogP contribution in [0.3, 0.4) is 0 Å². The van der Waals surface area contributed by atoms with Gasteiger partial charge in [0.05, 0.1) is 0 Å². The third-order valence-electron chi connectivity index (χ3n) is 1.40. The van der Waals surface area contributed by atoms with Crippen LogP contribution in [0.1, 0.15) is 41.5 Å². The molecule has 0 rings (SSSR count). The number of allylic oxidation sites excluding steroid dienone is 2. The smallest absolute Gasteiger partial charge is 0.0446 e. The van der Waals surface area contributed by atoms with Crippen LogP contribution in [0.2, 0.25) is 0 Å². The van der Waals surface area contributed by atoms with E-state index in [-0.39, 0.29) is 0 Å². The summed E-state index contributed by atoms with van der Waals surface area (Å²) in [7, 11) is 0. The third-order valence-corrected chi connectivity index (χ3v) is 1.40. The summed E-state index contributed by atoms with van der Waals surface area (Å²) < 4.78 is 0. The molecule has 0 bridgehead atoms. The Morgan fingerprint density at radius 2 is 1.69 bits per heavy atom. The molecule has 2 heteroatoms. The average Bonchev–Trinajstić information content (AvgIpc) is 1.80. The van der Waals surface area contributed by atoms with Gasteiger partial charge in [-0.15, -0.1) is 0 Å². The van der Waals surface area contributed by atoms with E-state index in [4.69, 9.17) is 0 Å². The molecule has 0 saturated carbocycles. The molecule has 0 spiro atoms. The second-order valence-corrected chi connectivity index (χ2v) is 3.99. The molecule has 0 aromatic rings. The zero-order valence-corrected chi connectivity index (χ0v) is 9.68. The van der Waals surface area contributed by atoms with Crippen LogP contribution in [0, 0.1) is 0 Å². The molecule has 0 aromatic heterocycles. The molecule has 76 valence electrons. The van der Waals surface area contributed by atoms with Crippen molar-refractivity contribution in [3.8, 4) is 0 Å². The Kier molecular flexibility index (Phi) is 5.44. The fourth-order valence-electron chi connectivity index (χ4n) is 1.25. The third kappa shape index (κ3) is 7.57. The number of rotatable bonds is 4. The summed E-state index contributed by atoms with van der Waals surface area (Å²) in [5.41, 5.74) is 2.26. The van der Waals surface area contributed by atoms with E-state index in [1.165, 1.54) is 5.70 Å². The van der Waals surface area contributed by atoms with Crippen LogP contribution in [0.4, 0.5) is 0 Å². The number of hydrogen-bond acceptors (Lipinski definition) is 2. The number of nitrogens with one attached hydrogen (secondary N) is 1. The average molecular weight is 182 g/mol. The van der Waals surface area contributed by atoms with E-state index in [0.29, 0.717) is 12.1 Å². The van der Waals surface area contributed by atoms with Gasteiger partial charge in [-0.3, -0.25) is 4.99 Å². The highest BCUT2D eigenvalue weighted by molar-refractivity contribution is 5.93. The van der Waals surface area contributed by atoms with E-state index in [9.17, 15) is 0 Å². The molecule has 0 atom stereocenters. The molecule has 1 N–H and O–H groups in total. The minimum absolute atomic E-state index is 0.378. The zero-order chi connectivity index (χ0) is 10.4. The molecule has 0 heterocycles. The van der Waals surface area contributed by atoms with Crippen LogP contribution in [0.5, 0.6) is 0 Å². The van der Waals surface area contributed by atoms with Crippen molar-refractivity contribution in [1.82, 2.24) is 5.32 Å². The summed E-state index contributed by atoms with van der Waals surface area (Å²) in [5, 5.41) is 3.33. The Hall–Kier alpha value is -0.790. The van der Waals surface area contributed by atoms with Crippen molar-refractivity contribution >= 4 is 5.71 Å². The van der Waals surface area contributed by atoms with Crippen molar-refractivity contribution in [2.24, 2.45) is 4.99 Å². The van der Waals surface area contributed by atoms with Gasteiger partial charge in [0.15, 0.2) is 0 Å². The number of aliphatic imine (C=N–C) groups is 1. The zero-order valence-electron chi connectivity index (χ0n) is 9.68. The van der Waals surface area contributed by atoms with Crippen molar-refractivity contribution in [2.75, 3.05) is 0 Å². The van der Waals surface area contributed by atoms with Crippen LogP contribution >= 0.6 is 0 Å². The number of hydrogen-bond donors (Lipinski definition) is 1. The maximum atomic E-state index is 4.42. The van der Waals surface area contributed by atoms with Gasteiger partial charge in [0.25, 0.3) is 0 Å². The van der Waals surface area contributed by atoms with Crippen LogP contribution < -0.4 is 5.32 Å². The van der Waals surface area contributed by atoms with Gasteiger partial charge in [-0.1, -0.05) is 0 Å². The van der Waals surface area contributed by atoms with Crippen molar-refractivity contribution in [1.29, 1.82) is 0 Å². The van der Waals surface area contributed by atoms with Gasteiger partial charge in [-0.2, -0.15) is 0 Å².